The van der Waals surface area contributed by atoms with Crippen molar-refractivity contribution in [2.45, 2.75) is 0 Å². The molecule has 0 atom stereocenters. The van der Waals surface area contributed by atoms with E-state index in [0.717, 1.165) is 49.4 Å². The van der Waals surface area contributed by atoms with E-state index < -0.39 is 8.07 Å². The van der Waals surface area contributed by atoms with E-state index in [1.165, 1.54) is 20.7 Å². The minimum atomic E-state index is -2.71. The zero-order valence-corrected chi connectivity index (χ0v) is 26.5. The Kier molecular flexibility index (Phi) is 6.21. The van der Waals surface area contributed by atoms with Crippen molar-refractivity contribution in [2.24, 2.45) is 0 Å². The molecule has 0 amide bonds. The lowest BCUT2D eigenvalue weighted by molar-refractivity contribution is 0.669. The topological polar surface area (TPSA) is 22.4 Å². The highest BCUT2D eigenvalue weighted by Crippen LogP contribution is 2.39. The van der Waals surface area contributed by atoms with Gasteiger partial charge in [0.25, 0.3) is 0 Å². The first-order chi connectivity index (χ1) is 23.3. The third-order valence-corrected chi connectivity index (χ3v) is 14.3. The van der Waals surface area contributed by atoms with E-state index in [0.29, 0.717) is 5.69 Å². The molecule has 9 aromatic rings. The second kappa shape index (κ2) is 10.7. The average Bonchev–Trinajstić information content (AvgIpc) is 3.68. The highest BCUT2D eigenvalue weighted by Gasteiger charge is 2.41. The van der Waals surface area contributed by atoms with E-state index >= 15 is 0 Å². The fraction of sp³-hybridized carbons (Fsp3) is 0. The summed E-state index contributed by atoms with van der Waals surface area (Å²) in [5.41, 5.74) is 5.36. The van der Waals surface area contributed by atoms with E-state index in [1.54, 1.807) is 0 Å². The van der Waals surface area contributed by atoms with Gasteiger partial charge in [-0.3, -0.25) is 0 Å². The van der Waals surface area contributed by atoms with E-state index in [-0.39, 0.29) is 0 Å². The van der Waals surface area contributed by atoms with Gasteiger partial charge in [0.05, 0.1) is 17.6 Å². The Hall–Kier alpha value is -6.15. The number of benzene rings is 7. The van der Waals surface area contributed by atoms with Crippen LogP contribution in [0.3, 0.4) is 0 Å². The fourth-order valence-electron chi connectivity index (χ4n) is 7.56. The smallest absolute Gasteiger partial charge is 0.211 e. The van der Waals surface area contributed by atoms with Crippen molar-refractivity contribution in [1.29, 1.82) is 0 Å². The summed E-state index contributed by atoms with van der Waals surface area (Å²) in [5, 5.41) is 9.67. The fourth-order valence-corrected chi connectivity index (χ4v) is 12.3. The molecule has 0 saturated heterocycles. The van der Waals surface area contributed by atoms with Crippen molar-refractivity contribution in [3.63, 3.8) is 0 Å². The largest absolute Gasteiger partial charge is 0.456 e. The average molecular weight is 617 g/mol. The molecule has 47 heavy (non-hydrogen) atoms. The predicted molar refractivity (Wildman–Crippen MR) is 198 cm³/mol. The van der Waals surface area contributed by atoms with Gasteiger partial charge in [-0.15, -0.1) is 0 Å². The molecule has 220 valence electrons. The van der Waals surface area contributed by atoms with Gasteiger partial charge in [0.2, 0.25) is 5.69 Å². The molecule has 9 rings (SSSR count). The molecule has 0 fully saturated rings. The van der Waals surface area contributed by atoms with Gasteiger partial charge in [-0.25, -0.2) is 4.85 Å². The summed E-state index contributed by atoms with van der Waals surface area (Å²) in [4.78, 5) is 3.92. The van der Waals surface area contributed by atoms with Crippen LogP contribution < -0.4 is 20.7 Å². The summed E-state index contributed by atoms with van der Waals surface area (Å²) in [6.07, 6.45) is 0. The highest BCUT2D eigenvalue weighted by atomic mass is 28.3. The van der Waals surface area contributed by atoms with Gasteiger partial charge in [0.15, 0.2) is 8.07 Å². The van der Waals surface area contributed by atoms with Crippen molar-refractivity contribution >= 4 is 78.3 Å². The zero-order chi connectivity index (χ0) is 31.4. The molecular weight excluding hydrogens is 589 g/mol. The Labute approximate surface area is 273 Å². The number of aromatic nitrogens is 1. The number of rotatable bonds is 5. The molecule has 2 aromatic heterocycles. The Morgan fingerprint density at radius 3 is 1.66 bits per heavy atom. The second-order valence-electron chi connectivity index (χ2n) is 12.0. The molecule has 4 heteroatoms. The number of fused-ring (bicyclic) bond motifs is 6. The number of hydrogen-bond donors (Lipinski definition) is 0. The lowest BCUT2D eigenvalue weighted by Gasteiger charge is -2.34. The third-order valence-electron chi connectivity index (χ3n) is 9.56. The number of para-hydroxylation sites is 2. The van der Waals surface area contributed by atoms with Crippen LogP contribution in [0.15, 0.2) is 174 Å². The van der Waals surface area contributed by atoms with Gasteiger partial charge in [0.1, 0.15) is 11.2 Å². The van der Waals surface area contributed by atoms with Crippen LogP contribution in [-0.2, 0) is 0 Å². The van der Waals surface area contributed by atoms with Crippen molar-refractivity contribution < 1.29 is 4.42 Å². The molecule has 0 radical (unpaired) electrons. The normalized spacial score (nSPS) is 11.8. The van der Waals surface area contributed by atoms with Crippen LogP contribution in [0, 0.1) is 6.57 Å². The summed E-state index contributed by atoms with van der Waals surface area (Å²) < 4.78 is 8.72. The lowest BCUT2D eigenvalue weighted by atomic mass is 10.1. The molecule has 0 aliphatic rings. The zero-order valence-electron chi connectivity index (χ0n) is 25.5. The highest BCUT2D eigenvalue weighted by molar-refractivity contribution is 7.20. The van der Waals surface area contributed by atoms with Crippen LogP contribution in [0.4, 0.5) is 5.69 Å². The molecule has 2 heterocycles. The van der Waals surface area contributed by atoms with E-state index in [9.17, 15) is 0 Å². The van der Waals surface area contributed by atoms with Gasteiger partial charge in [-0.05, 0) is 56.5 Å². The minimum Gasteiger partial charge on any atom is -0.456 e. The molecular formula is C43H28N2OSi. The Morgan fingerprint density at radius 2 is 1.02 bits per heavy atom. The molecule has 0 saturated carbocycles. The summed E-state index contributed by atoms with van der Waals surface area (Å²) in [6, 6.07) is 60.6. The molecule has 0 spiro atoms. The Balaban J connectivity index is 1.35. The molecule has 0 bridgehead atoms. The maximum absolute atomic E-state index is 7.97. The number of hydrogen-bond acceptors (Lipinski definition) is 1. The van der Waals surface area contributed by atoms with Crippen LogP contribution in [-0.4, -0.2) is 12.6 Å². The molecule has 0 aliphatic heterocycles. The molecule has 3 nitrogen and oxygen atoms in total. The Morgan fingerprint density at radius 1 is 0.468 bits per heavy atom. The van der Waals surface area contributed by atoms with Crippen LogP contribution >= 0.6 is 0 Å². The van der Waals surface area contributed by atoms with Crippen molar-refractivity contribution in [3.05, 3.63) is 181 Å². The first kappa shape index (κ1) is 27.2. The summed E-state index contributed by atoms with van der Waals surface area (Å²) in [7, 11) is -2.71. The van der Waals surface area contributed by atoms with Gasteiger partial charge in [-0.1, -0.05) is 140 Å². The SMILES string of the molecule is [C-]#[N+]c1cccc2c3ccccc3n(-c3ccc4oc5ccc([Si](c6ccccc6)(c6ccccc6)c6ccccc6)cc5c4c3)c12. The van der Waals surface area contributed by atoms with Crippen molar-refractivity contribution in [3.8, 4) is 5.69 Å². The van der Waals surface area contributed by atoms with Crippen LogP contribution in [0.2, 0.25) is 0 Å². The van der Waals surface area contributed by atoms with Crippen LogP contribution in [0.25, 0.3) is 54.3 Å². The van der Waals surface area contributed by atoms with Gasteiger partial charge >= 0.3 is 0 Å². The maximum atomic E-state index is 7.97. The maximum Gasteiger partial charge on any atom is 0.211 e. The van der Waals surface area contributed by atoms with Gasteiger partial charge in [0, 0.05) is 21.8 Å². The summed E-state index contributed by atoms with van der Waals surface area (Å²) in [5.74, 6) is 0. The van der Waals surface area contributed by atoms with Crippen LogP contribution in [0.5, 0.6) is 0 Å². The molecule has 0 unspecified atom stereocenters. The summed E-state index contributed by atoms with van der Waals surface area (Å²) >= 11 is 0. The standard InChI is InChI=1S/C43H28N2OSi/c1-44-39-22-13-21-36-35-20-11-12-23-40(35)45(43(36)39)30-24-26-41-37(28-30)38-29-34(25-27-42(38)46-41)47(31-14-5-2-6-15-31,32-16-7-3-8-17-32)33-18-9-4-10-19-33/h2-29H. The second-order valence-corrected chi connectivity index (χ2v) is 15.8. The number of furan rings is 1. The quantitative estimate of drug-likeness (QED) is 0.108. The Bertz CT molecular complexity index is 2530. The minimum absolute atomic E-state index is 0.641. The van der Waals surface area contributed by atoms with E-state index in [1.807, 2.05) is 12.1 Å². The van der Waals surface area contributed by atoms with Gasteiger partial charge in [-0.2, -0.15) is 0 Å². The first-order valence-corrected chi connectivity index (χ1v) is 17.8. The predicted octanol–water partition coefficient (Wildman–Crippen LogP) is 8.61. The summed E-state index contributed by atoms with van der Waals surface area (Å²) in [6.45, 7) is 7.97. The molecule has 0 N–H and O–H groups in total. The molecule has 0 aliphatic carbocycles. The third kappa shape index (κ3) is 4.04. The van der Waals surface area contributed by atoms with Gasteiger partial charge < -0.3 is 8.98 Å². The first-order valence-electron chi connectivity index (χ1n) is 15.8. The van der Waals surface area contributed by atoms with E-state index in [4.69, 9.17) is 11.0 Å². The van der Waals surface area contributed by atoms with Crippen LogP contribution in [0.1, 0.15) is 0 Å². The monoisotopic (exact) mass is 616 g/mol. The van der Waals surface area contributed by atoms with Crippen molar-refractivity contribution in [1.82, 2.24) is 4.57 Å². The van der Waals surface area contributed by atoms with E-state index in [2.05, 4.69) is 167 Å². The van der Waals surface area contributed by atoms with Crippen molar-refractivity contribution in [2.75, 3.05) is 0 Å². The number of nitrogens with zero attached hydrogens (tertiary/aromatic N) is 2. The molecule has 7 aromatic carbocycles. The lowest BCUT2D eigenvalue weighted by Crippen LogP contribution is -2.74.